The minimum Gasteiger partial charge on any atom is -0.365 e. The van der Waals surface area contributed by atoms with Gasteiger partial charge in [0.1, 0.15) is 5.82 Å². The van der Waals surface area contributed by atoms with Gasteiger partial charge < -0.3 is 14.7 Å². The van der Waals surface area contributed by atoms with Crippen molar-refractivity contribution in [2.45, 2.75) is 32.1 Å². The maximum Gasteiger partial charge on any atom is 0.300 e. The van der Waals surface area contributed by atoms with E-state index in [2.05, 4.69) is 42.7 Å². The Morgan fingerprint density at radius 3 is 2.15 bits per heavy atom. The standard InChI is InChI=1S/C21H32N6/c1-23-20(19-22)21-26(15-7-13-24-9-3-2-4-10-24)17-18-27(21)16-8-14-25-11-5-6-12-25/h2-3H,4-18H2. The van der Waals surface area contributed by atoms with E-state index < -0.39 is 0 Å². The Morgan fingerprint density at radius 2 is 1.59 bits per heavy atom. The summed E-state index contributed by atoms with van der Waals surface area (Å²) in [4.78, 5) is 13.1. The second-order valence-corrected chi connectivity index (χ2v) is 7.69. The molecule has 146 valence electrons. The van der Waals surface area contributed by atoms with Gasteiger partial charge in [-0.15, -0.1) is 0 Å². The van der Waals surface area contributed by atoms with Gasteiger partial charge in [0, 0.05) is 45.8 Å². The van der Waals surface area contributed by atoms with Crippen LogP contribution in [0.5, 0.6) is 0 Å². The highest BCUT2D eigenvalue weighted by Crippen LogP contribution is 2.24. The van der Waals surface area contributed by atoms with Crippen molar-refractivity contribution in [1.82, 2.24) is 19.6 Å². The van der Waals surface area contributed by atoms with Crippen molar-refractivity contribution in [3.05, 3.63) is 35.1 Å². The lowest BCUT2D eigenvalue weighted by atomic mass is 10.2. The number of hydrogen-bond donors (Lipinski definition) is 0. The first-order chi connectivity index (χ1) is 13.3. The molecule has 0 aromatic rings. The molecule has 0 aromatic carbocycles. The Kier molecular flexibility index (Phi) is 7.56. The predicted molar refractivity (Wildman–Crippen MR) is 107 cm³/mol. The summed E-state index contributed by atoms with van der Waals surface area (Å²) in [7, 11) is 0. The second kappa shape index (κ2) is 10.3. The third-order valence-electron chi connectivity index (χ3n) is 5.81. The number of likely N-dealkylation sites (tertiary alicyclic amines) is 1. The van der Waals surface area contributed by atoms with Crippen molar-refractivity contribution in [3.63, 3.8) is 0 Å². The summed E-state index contributed by atoms with van der Waals surface area (Å²) < 4.78 is 0. The summed E-state index contributed by atoms with van der Waals surface area (Å²) in [5, 5.41) is 9.45. The number of allylic oxidation sites excluding steroid dienone is 1. The first-order valence-corrected chi connectivity index (χ1v) is 10.4. The SMILES string of the molecule is [C-]#[N+]C(C#N)=C1N(CCCN2CC=CCC2)CCN1CCCN1CCCC1. The van der Waals surface area contributed by atoms with Crippen LogP contribution in [-0.2, 0) is 0 Å². The lowest BCUT2D eigenvalue weighted by molar-refractivity contribution is 0.262. The lowest BCUT2D eigenvalue weighted by Gasteiger charge is -2.28. The summed E-state index contributed by atoms with van der Waals surface area (Å²) in [5.74, 6) is 0.882. The van der Waals surface area contributed by atoms with Crippen LogP contribution in [0.2, 0.25) is 0 Å². The minimum absolute atomic E-state index is 0.259. The third-order valence-corrected chi connectivity index (χ3v) is 5.81. The number of nitriles is 1. The highest BCUT2D eigenvalue weighted by Gasteiger charge is 2.28. The maximum atomic E-state index is 9.45. The molecule has 0 unspecified atom stereocenters. The second-order valence-electron chi connectivity index (χ2n) is 7.69. The van der Waals surface area contributed by atoms with Gasteiger partial charge in [0.2, 0.25) is 0 Å². The molecule has 0 aromatic heterocycles. The Morgan fingerprint density at radius 1 is 0.926 bits per heavy atom. The molecule has 0 bridgehead atoms. The number of hydrogen-bond acceptors (Lipinski definition) is 5. The third kappa shape index (κ3) is 5.48. The number of nitrogens with zero attached hydrogens (tertiary/aromatic N) is 6. The van der Waals surface area contributed by atoms with Gasteiger partial charge in [0.05, 0.1) is 12.6 Å². The van der Waals surface area contributed by atoms with E-state index >= 15 is 0 Å². The fraction of sp³-hybridized carbons (Fsp3) is 0.714. The predicted octanol–water partition coefficient (Wildman–Crippen LogP) is 2.35. The van der Waals surface area contributed by atoms with Crippen molar-refractivity contribution in [2.75, 3.05) is 65.4 Å². The molecule has 6 heteroatoms. The molecule has 0 amide bonds. The molecule has 27 heavy (non-hydrogen) atoms. The molecule has 0 atom stereocenters. The monoisotopic (exact) mass is 368 g/mol. The zero-order valence-corrected chi connectivity index (χ0v) is 16.4. The van der Waals surface area contributed by atoms with E-state index in [1.54, 1.807) is 0 Å². The van der Waals surface area contributed by atoms with Crippen LogP contribution < -0.4 is 0 Å². The molecule has 2 fully saturated rings. The minimum atomic E-state index is 0.259. The van der Waals surface area contributed by atoms with Gasteiger partial charge in [-0.3, -0.25) is 4.90 Å². The zero-order valence-electron chi connectivity index (χ0n) is 16.4. The summed E-state index contributed by atoms with van der Waals surface area (Å²) in [6.45, 7) is 18.0. The van der Waals surface area contributed by atoms with Crippen LogP contribution in [0.4, 0.5) is 0 Å². The van der Waals surface area contributed by atoms with Crippen LogP contribution in [0.3, 0.4) is 0 Å². The molecular weight excluding hydrogens is 336 g/mol. The van der Waals surface area contributed by atoms with E-state index in [1.807, 2.05) is 0 Å². The average molecular weight is 369 g/mol. The molecule has 0 N–H and O–H groups in total. The molecular formula is C21H32N6. The topological polar surface area (TPSA) is 41.1 Å². The first kappa shape index (κ1) is 19.7. The Labute approximate surface area is 164 Å². The summed E-state index contributed by atoms with van der Waals surface area (Å²) in [6.07, 6.45) is 10.5. The molecule has 0 saturated carbocycles. The van der Waals surface area contributed by atoms with Crippen LogP contribution in [0, 0.1) is 17.9 Å². The average Bonchev–Trinajstić information content (AvgIpc) is 3.35. The zero-order chi connectivity index (χ0) is 18.9. The summed E-state index contributed by atoms with van der Waals surface area (Å²) in [5.41, 5.74) is 0.259. The smallest absolute Gasteiger partial charge is 0.300 e. The van der Waals surface area contributed by atoms with Crippen molar-refractivity contribution >= 4 is 0 Å². The molecule has 3 rings (SSSR count). The van der Waals surface area contributed by atoms with Gasteiger partial charge in [-0.05, 0) is 51.7 Å². The molecule has 6 nitrogen and oxygen atoms in total. The van der Waals surface area contributed by atoms with Gasteiger partial charge in [-0.2, -0.15) is 0 Å². The van der Waals surface area contributed by atoms with E-state index in [0.29, 0.717) is 0 Å². The number of rotatable bonds is 8. The quantitative estimate of drug-likeness (QED) is 0.374. The normalized spacial score (nSPS) is 22.9. The maximum absolute atomic E-state index is 9.45. The van der Waals surface area contributed by atoms with Crippen LogP contribution in [0.1, 0.15) is 32.1 Å². The van der Waals surface area contributed by atoms with Gasteiger partial charge >= 0.3 is 5.70 Å². The van der Waals surface area contributed by atoms with Crippen LogP contribution in [0.15, 0.2) is 23.7 Å². The Bertz CT molecular complexity index is 604. The molecule has 3 heterocycles. The van der Waals surface area contributed by atoms with E-state index in [1.165, 1.54) is 25.9 Å². The largest absolute Gasteiger partial charge is 0.365 e. The Hall–Kier alpha value is -2.02. The van der Waals surface area contributed by atoms with Crippen molar-refractivity contribution in [3.8, 4) is 6.07 Å². The van der Waals surface area contributed by atoms with E-state index in [-0.39, 0.29) is 5.70 Å². The van der Waals surface area contributed by atoms with E-state index in [0.717, 1.165) is 77.4 Å². The van der Waals surface area contributed by atoms with Gasteiger partial charge in [0.15, 0.2) is 0 Å². The summed E-state index contributed by atoms with van der Waals surface area (Å²) in [6, 6.07) is 2.14. The van der Waals surface area contributed by atoms with Crippen LogP contribution >= 0.6 is 0 Å². The van der Waals surface area contributed by atoms with Crippen molar-refractivity contribution in [1.29, 1.82) is 5.26 Å². The molecule has 3 aliphatic heterocycles. The first-order valence-electron chi connectivity index (χ1n) is 10.4. The lowest BCUT2D eigenvalue weighted by Crippen LogP contribution is -2.32. The van der Waals surface area contributed by atoms with Crippen LogP contribution in [-0.4, -0.2) is 85.0 Å². The summed E-state index contributed by atoms with van der Waals surface area (Å²) >= 11 is 0. The fourth-order valence-corrected chi connectivity index (χ4v) is 4.38. The highest BCUT2D eigenvalue weighted by molar-refractivity contribution is 5.33. The van der Waals surface area contributed by atoms with Crippen molar-refractivity contribution in [2.24, 2.45) is 0 Å². The molecule has 0 aliphatic carbocycles. The molecule has 2 saturated heterocycles. The van der Waals surface area contributed by atoms with Gasteiger partial charge in [-0.1, -0.05) is 12.2 Å². The highest BCUT2D eigenvalue weighted by atomic mass is 15.4. The molecule has 0 radical (unpaired) electrons. The molecule has 0 spiro atoms. The van der Waals surface area contributed by atoms with Gasteiger partial charge in [-0.25, -0.2) is 10.1 Å². The molecule has 3 aliphatic rings. The van der Waals surface area contributed by atoms with Crippen LogP contribution in [0.25, 0.3) is 4.85 Å². The van der Waals surface area contributed by atoms with E-state index in [4.69, 9.17) is 6.57 Å². The fourth-order valence-electron chi connectivity index (χ4n) is 4.38. The van der Waals surface area contributed by atoms with E-state index in [9.17, 15) is 5.26 Å². The van der Waals surface area contributed by atoms with Crippen molar-refractivity contribution < 1.29 is 0 Å². The Balaban J connectivity index is 1.52. The van der Waals surface area contributed by atoms with Gasteiger partial charge in [0.25, 0.3) is 0 Å².